The van der Waals surface area contributed by atoms with Crippen LogP contribution in [0.1, 0.15) is 32.3 Å². The molecule has 43 heavy (non-hydrogen) atoms. The molecule has 228 valence electrons. The monoisotopic (exact) mass is 595 g/mol. The number of amides is 1. The fourth-order valence-corrected chi connectivity index (χ4v) is 5.81. The highest BCUT2D eigenvalue weighted by Gasteiger charge is 2.41. The van der Waals surface area contributed by atoms with Crippen molar-refractivity contribution in [2.24, 2.45) is 5.92 Å². The van der Waals surface area contributed by atoms with E-state index < -0.39 is 17.2 Å². The van der Waals surface area contributed by atoms with Crippen LogP contribution >= 0.6 is 0 Å². The Bertz CT molecular complexity index is 1540. The lowest BCUT2D eigenvalue weighted by Crippen LogP contribution is -2.35. The van der Waals surface area contributed by atoms with E-state index in [0.29, 0.717) is 29.1 Å². The Morgan fingerprint density at radius 1 is 1.21 bits per heavy atom. The highest BCUT2D eigenvalue weighted by Crippen LogP contribution is 2.43. The van der Waals surface area contributed by atoms with E-state index in [1.165, 1.54) is 19.3 Å². The predicted molar refractivity (Wildman–Crippen MR) is 160 cm³/mol. The molecule has 2 aromatic carbocycles. The summed E-state index contributed by atoms with van der Waals surface area (Å²) in [4.78, 5) is 28.6. The number of hydrogen-bond donors (Lipinski definition) is 4. The molecule has 0 aliphatic carbocycles. The number of aromatic nitrogens is 3. The number of anilines is 6. The SMILES string of the molecule is C=CC(=O)Nc1cc(Nc2nc[nH+]c(Nc3cc(F)c(F)cc3C(C)(O)CC)n2)c(OC)cc1N1CCC2CN(C)CC21. The van der Waals surface area contributed by atoms with E-state index in [2.05, 4.69) is 54.3 Å². The van der Waals surface area contributed by atoms with Gasteiger partial charge in [-0.15, -0.1) is 0 Å². The van der Waals surface area contributed by atoms with E-state index in [0.717, 1.165) is 43.9 Å². The Labute approximate surface area is 249 Å². The van der Waals surface area contributed by atoms with Crippen LogP contribution in [0.4, 0.5) is 43.4 Å². The molecule has 3 aromatic rings. The number of carbonyl (C=O) groups excluding carboxylic acids is 1. The van der Waals surface area contributed by atoms with Gasteiger partial charge in [0.25, 0.3) is 0 Å². The van der Waals surface area contributed by atoms with Gasteiger partial charge in [0, 0.05) is 43.4 Å². The minimum atomic E-state index is -1.42. The molecule has 0 bridgehead atoms. The minimum absolute atomic E-state index is 0.143. The van der Waals surface area contributed by atoms with Crippen LogP contribution in [0.25, 0.3) is 0 Å². The maximum atomic E-state index is 14.2. The predicted octanol–water partition coefficient (Wildman–Crippen LogP) is 3.95. The number of aromatic amines is 1. The van der Waals surface area contributed by atoms with Crippen LogP contribution in [0.3, 0.4) is 0 Å². The Morgan fingerprint density at radius 2 is 1.98 bits per heavy atom. The number of methoxy groups -OCH3 is 1. The second-order valence-electron chi connectivity index (χ2n) is 11.2. The first kappa shape index (κ1) is 30.1. The first-order valence-corrected chi connectivity index (χ1v) is 14.1. The molecule has 0 saturated carbocycles. The number of halogens is 2. The van der Waals surface area contributed by atoms with Crippen LogP contribution in [0.2, 0.25) is 0 Å². The first-order valence-electron chi connectivity index (χ1n) is 14.1. The molecule has 3 atom stereocenters. The highest BCUT2D eigenvalue weighted by molar-refractivity contribution is 6.02. The van der Waals surface area contributed by atoms with Crippen molar-refractivity contribution < 1.29 is 28.4 Å². The third kappa shape index (κ3) is 6.22. The number of H-pyrrole nitrogens is 1. The molecule has 5 N–H and O–H groups in total. The van der Waals surface area contributed by atoms with E-state index in [4.69, 9.17) is 4.74 Å². The molecule has 2 aliphatic rings. The zero-order chi connectivity index (χ0) is 30.9. The number of likely N-dealkylation sites (N-methyl/N-ethyl adjacent to an activating group) is 1. The van der Waals surface area contributed by atoms with Crippen LogP contribution in [0.5, 0.6) is 5.75 Å². The topological polar surface area (TPSA) is 129 Å². The molecule has 11 nitrogen and oxygen atoms in total. The second kappa shape index (κ2) is 12.1. The summed E-state index contributed by atoms with van der Waals surface area (Å²) in [6.07, 6.45) is 3.91. The third-order valence-electron chi connectivity index (χ3n) is 8.24. The smallest absolute Gasteiger partial charge is 0.353 e. The number of nitrogens with one attached hydrogen (secondary N) is 4. The van der Waals surface area contributed by atoms with Gasteiger partial charge in [-0.1, -0.05) is 23.5 Å². The molecule has 0 radical (unpaired) electrons. The van der Waals surface area contributed by atoms with E-state index in [9.17, 15) is 18.7 Å². The quantitative estimate of drug-likeness (QED) is 0.258. The maximum Gasteiger partial charge on any atom is 0.353 e. The van der Waals surface area contributed by atoms with Crippen LogP contribution in [-0.4, -0.2) is 65.7 Å². The Balaban J connectivity index is 1.47. The zero-order valence-corrected chi connectivity index (χ0v) is 24.7. The van der Waals surface area contributed by atoms with Gasteiger partial charge in [0.05, 0.1) is 35.5 Å². The second-order valence-corrected chi connectivity index (χ2v) is 11.2. The number of ether oxygens (including phenoxy) is 1. The highest BCUT2D eigenvalue weighted by atomic mass is 19.2. The summed E-state index contributed by atoms with van der Waals surface area (Å²) in [5.74, 6) is -1.12. The number of benzene rings is 2. The molecule has 1 amide bonds. The summed E-state index contributed by atoms with van der Waals surface area (Å²) in [6, 6.07) is 5.92. The molecule has 3 unspecified atom stereocenters. The first-order chi connectivity index (χ1) is 20.5. The number of likely N-dealkylation sites (tertiary alicyclic amines) is 1. The molecular weight excluding hydrogens is 558 g/mol. The third-order valence-corrected chi connectivity index (χ3v) is 8.24. The summed E-state index contributed by atoms with van der Waals surface area (Å²) < 4.78 is 34.0. The summed E-state index contributed by atoms with van der Waals surface area (Å²) >= 11 is 0. The van der Waals surface area contributed by atoms with Gasteiger partial charge >= 0.3 is 11.9 Å². The number of aliphatic hydroxyl groups is 1. The maximum absolute atomic E-state index is 14.2. The van der Waals surface area contributed by atoms with Crippen molar-refractivity contribution in [1.82, 2.24) is 14.9 Å². The van der Waals surface area contributed by atoms with E-state index >= 15 is 0 Å². The van der Waals surface area contributed by atoms with Crippen molar-refractivity contribution >= 4 is 40.6 Å². The van der Waals surface area contributed by atoms with Gasteiger partial charge in [0.1, 0.15) is 5.75 Å². The molecule has 2 fully saturated rings. The molecule has 0 spiro atoms. The molecular formula is C30H37F2N8O3+. The number of hydrogen-bond acceptors (Lipinski definition) is 9. The Morgan fingerprint density at radius 3 is 2.70 bits per heavy atom. The van der Waals surface area contributed by atoms with Gasteiger partial charge < -0.3 is 25.0 Å². The number of fused-ring (bicyclic) bond motifs is 1. The standard InChI is InChI=1S/C30H36F2N8O3/c1-6-27(41)35-22-12-23(26(43-5)13-24(22)40-9-8-17-14-39(4)15-25(17)40)37-29-34-16-33-28(38-29)36-21-11-20(32)19(31)10-18(21)30(3,42)7-2/h6,10-13,16-17,25,42H,1,7-9,14-15H2,2-5H3,(H,35,41)(H2,33,34,36,37,38)/p+1. The lowest BCUT2D eigenvalue weighted by molar-refractivity contribution is -0.369. The van der Waals surface area contributed by atoms with Gasteiger partial charge in [0.15, 0.2) is 18.0 Å². The van der Waals surface area contributed by atoms with Gasteiger partial charge in [-0.3, -0.25) is 15.4 Å². The van der Waals surface area contributed by atoms with Crippen molar-refractivity contribution in [3.63, 3.8) is 0 Å². The fourth-order valence-electron chi connectivity index (χ4n) is 5.81. The van der Waals surface area contributed by atoms with Crippen molar-refractivity contribution in [3.8, 4) is 5.75 Å². The fraction of sp³-hybridized carbons (Fsp3) is 0.400. The van der Waals surface area contributed by atoms with Crippen molar-refractivity contribution in [1.29, 1.82) is 0 Å². The van der Waals surface area contributed by atoms with Crippen molar-refractivity contribution in [2.75, 3.05) is 54.6 Å². The Kier molecular flexibility index (Phi) is 8.47. The molecule has 5 rings (SSSR count). The van der Waals surface area contributed by atoms with Gasteiger partial charge in [-0.2, -0.15) is 0 Å². The lowest BCUT2D eigenvalue weighted by Gasteiger charge is -2.29. The van der Waals surface area contributed by atoms with Crippen LogP contribution in [0.15, 0.2) is 43.2 Å². The number of rotatable bonds is 10. The van der Waals surface area contributed by atoms with Crippen molar-refractivity contribution in [3.05, 3.63) is 60.4 Å². The largest absolute Gasteiger partial charge is 0.494 e. The van der Waals surface area contributed by atoms with Gasteiger partial charge in [-0.25, -0.2) is 13.8 Å². The summed E-state index contributed by atoms with van der Waals surface area (Å²) in [5, 5.41) is 19.8. The van der Waals surface area contributed by atoms with Crippen LogP contribution < -0.4 is 30.6 Å². The summed E-state index contributed by atoms with van der Waals surface area (Å²) in [6.45, 7) is 9.67. The minimum Gasteiger partial charge on any atom is -0.494 e. The van der Waals surface area contributed by atoms with E-state index in [-0.39, 0.29) is 35.5 Å². The zero-order valence-electron chi connectivity index (χ0n) is 24.7. The molecule has 2 aliphatic heterocycles. The lowest BCUT2D eigenvalue weighted by atomic mass is 9.91. The van der Waals surface area contributed by atoms with Gasteiger partial charge in [-0.05, 0) is 50.9 Å². The molecule has 3 heterocycles. The molecule has 2 saturated heterocycles. The number of carbonyl (C=O) groups is 1. The summed E-state index contributed by atoms with van der Waals surface area (Å²) in [7, 11) is 3.67. The van der Waals surface area contributed by atoms with E-state index in [1.807, 2.05) is 6.07 Å². The van der Waals surface area contributed by atoms with E-state index in [1.54, 1.807) is 20.1 Å². The average Bonchev–Trinajstić information content (AvgIpc) is 3.54. The van der Waals surface area contributed by atoms with Gasteiger partial charge in [0.2, 0.25) is 5.91 Å². The molecule has 1 aromatic heterocycles. The normalized spacial score (nSPS) is 19.5. The Hall–Kier alpha value is -4.36. The average molecular weight is 596 g/mol. The van der Waals surface area contributed by atoms with Crippen molar-refractivity contribution in [2.45, 2.75) is 38.3 Å². The van der Waals surface area contributed by atoms with Crippen LogP contribution in [-0.2, 0) is 10.4 Å². The number of nitrogens with zero attached hydrogens (tertiary/aromatic N) is 4. The summed E-state index contributed by atoms with van der Waals surface area (Å²) in [5.41, 5.74) is 0.813. The van der Waals surface area contributed by atoms with Crippen LogP contribution in [0, 0.1) is 17.6 Å². The molecule has 13 heteroatoms.